The predicted molar refractivity (Wildman–Crippen MR) is 256 cm³/mol. The Bertz CT molecular complexity index is 1480. The topological polar surface area (TPSA) is 44.8 Å². The van der Waals surface area contributed by atoms with Crippen molar-refractivity contribution in [3.63, 3.8) is 0 Å². The Morgan fingerprint density at radius 1 is 0.305 bits per heavy atom. The smallest absolute Gasteiger partial charge is 0.386 e. The zero-order valence-corrected chi connectivity index (χ0v) is 40.5. The van der Waals surface area contributed by atoms with Gasteiger partial charge in [0, 0.05) is 0 Å². The van der Waals surface area contributed by atoms with Gasteiger partial charge in [0.15, 0.2) is 0 Å². The van der Waals surface area contributed by atoms with E-state index in [0.29, 0.717) is 17.2 Å². The quantitative estimate of drug-likeness (QED) is 0.0574. The molecule has 0 fully saturated rings. The van der Waals surface area contributed by atoms with E-state index in [4.69, 9.17) is 13.6 Å². The molecule has 0 aliphatic rings. The van der Waals surface area contributed by atoms with E-state index < -0.39 is 7.82 Å². The van der Waals surface area contributed by atoms with Gasteiger partial charge in [0.2, 0.25) is 0 Å². The molecule has 332 valence electrons. The van der Waals surface area contributed by atoms with E-state index in [1.165, 1.54) is 50.1 Å². The maximum absolute atomic E-state index is 16.1. The lowest BCUT2D eigenvalue weighted by Gasteiger charge is -2.27. The van der Waals surface area contributed by atoms with Gasteiger partial charge in [-0.3, -0.25) is 0 Å². The molecule has 0 N–H and O–H groups in total. The van der Waals surface area contributed by atoms with Gasteiger partial charge >= 0.3 is 7.82 Å². The van der Waals surface area contributed by atoms with Gasteiger partial charge in [-0.15, -0.1) is 0 Å². The monoisotopic (exact) mass is 831 g/mol. The van der Waals surface area contributed by atoms with Crippen molar-refractivity contribution in [2.45, 2.75) is 236 Å². The third-order valence-corrected chi connectivity index (χ3v) is 13.4. The van der Waals surface area contributed by atoms with Crippen LogP contribution in [0.15, 0.2) is 36.4 Å². The minimum atomic E-state index is -4.31. The molecule has 59 heavy (non-hydrogen) atoms. The third kappa shape index (κ3) is 15.9. The number of benzene rings is 3. The van der Waals surface area contributed by atoms with E-state index in [1.54, 1.807) is 0 Å². The molecule has 3 aromatic rings. The van der Waals surface area contributed by atoms with E-state index in [-0.39, 0.29) is 0 Å². The van der Waals surface area contributed by atoms with Gasteiger partial charge in [0.25, 0.3) is 0 Å². The third-order valence-electron chi connectivity index (χ3n) is 12.2. The molecule has 0 aliphatic heterocycles. The van der Waals surface area contributed by atoms with Crippen LogP contribution in [-0.2, 0) is 62.4 Å². The number of hydrogen-bond donors (Lipinski definition) is 0. The highest BCUT2D eigenvalue weighted by Gasteiger charge is 2.37. The number of hydrogen-bond acceptors (Lipinski definition) is 4. The van der Waals surface area contributed by atoms with Gasteiger partial charge in [0.1, 0.15) is 17.2 Å². The molecule has 0 saturated carbocycles. The lowest BCUT2D eigenvalue weighted by Crippen LogP contribution is -2.14. The number of rotatable bonds is 33. The lowest BCUT2D eigenvalue weighted by atomic mass is 9.90. The van der Waals surface area contributed by atoms with Gasteiger partial charge in [-0.25, -0.2) is 0 Å². The first kappa shape index (κ1) is 50.6. The summed E-state index contributed by atoms with van der Waals surface area (Å²) >= 11 is 0. The van der Waals surface area contributed by atoms with E-state index in [9.17, 15) is 0 Å². The van der Waals surface area contributed by atoms with Gasteiger partial charge in [-0.1, -0.05) is 138 Å². The van der Waals surface area contributed by atoms with Crippen LogP contribution in [0.5, 0.6) is 17.2 Å². The van der Waals surface area contributed by atoms with Gasteiger partial charge < -0.3 is 13.6 Å². The molecule has 3 aromatic carbocycles. The van der Waals surface area contributed by atoms with Crippen molar-refractivity contribution in [1.82, 2.24) is 0 Å². The Labute approximate surface area is 364 Å². The van der Waals surface area contributed by atoms with Crippen molar-refractivity contribution in [3.05, 3.63) is 86.5 Å². The zero-order chi connectivity index (χ0) is 42.9. The first-order chi connectivity index (χ1) is 28.8. The highest BCUT2D eigenvalue weighted by atomic mass is 31.2. The molecule has 0 amide bonds. The van der Waals surface area contributed by atoms with Crippen LogP contribution in [0, 0.1) is 0 Å². The number of phosphoric ester groups is 1. The predicted octanol–water partition coefficient (Wildman–Crippen LogP) is 17.4. The fourth-order valence-corrected chi connectivity index (χ4v) is 9.86. The molecular weight excluding hydrogens is 744 g/mol. The summed E-state index contributed by atoms with van der Waals surface area (Å²) in [6.07, 6.45) is 28.8. The standard InChI is InChI=1S/C54H87O4P/c1-10-19-28-43-37-40-52(49(34-25-16-7)46(43)31-22-13-4)56-59(55,57-53-41-38-44(29-20-11-2)47(32-23-14-5)50(53)35-26-17-8)58-54-42-39-45(30-21-12-3)48(33-24-15-6)51(54)36-27-18-9/h37-42H,10-36H2,1-9H3. The van der Waals surface area contributed by atoms with Crippen molar-refractivity contribution in [3.8, 4) is 17.2 Å². The van der Waals surface area contributed by atoms with Crippen LogP contribution in [0.1, 0.15) is 228 Å². The number of phosphoric acid groups is 1. The summed E-state index contributed by atoms with van der Waals surface area (Å²) in [5.41, 5.74) is 11.9. The summed E-state index contributed by atoms with van der Waals surface area (Å²) in [5.74, 6) is 1.99. The SMILES string of the molecule is CCCCc1ccc(OP(=O)(Oc2ccc(CCCC)c(CCCC)c2CCCC)Oc2ccc(CCCC)c(CCCC)c2CCCC)c(CCCC)c1CCCC. The largest absolute Gasteiger partial charge is 0.647 e. The van der Waals surface area contributed by atoms with Crippen LogP contribution in [0.4, 0.5) is 0 Å². The van der Waals surface area contributed by atoms with Gasteiger partial charge in [-0.2, -0.15) is 4.57 Å². The molecule has 0 heterocycles. The summed E-state index contributed by atoms with van der Waals surface area (Å²) in [6, 6.07) is 13.0. The Morgan fingerprint density at radius 3 is 0.729 bits per heavy atom. The van der Waals surface area contributed by atoms with Crippen LogP contribution in [0.25, 0.3) is 0 Å². The Kier molecular flexibility index (Phi) is 24.7. The van der Waals surface area contributed by atoms with E-state index in [0.717, 1.165) is 173 Å². The van der Waals surface area contributed by atoms with Gasteiger partial charge in [-0.05, 0) is 184 Å². The normalized spacial score (nSPS) is 11.7. The molecule has 3 rings (SSSR count). The second-order valence-electron chi connectivity index (χ2n) is 17.2. The molecular formula is C54H87O4P. The lowest BCUT2D eigenvalue weighted by molar-refractivity contribution is 0.294. The molecule has 0 radical (unpaired) electrons. The second-order valence-corrected chi connectivity index (χ2v) is 18.6. The second kappa shape index (κ2) is 28.7. The van der Waals surface area contributed by atoms with Crippen molar-refractivity contribution < 1.29 is 18.1 Å². The number of aryl methyl sites for hydroxylation is 3. The molecule has 0 saturated heterocycles. The molecule has 5 heteroatoms. The average molecular weight is 831 g/mol. The first-order valence-corrected chi connectivity index (χ1v) is 26.3. The molecule has 0 atom stereocenters. The summed E-state index contributed by atoms with van der Waals surface area (Å²) in [4.78, 5) is 0. The van der Waals surface area contributed by atoms with E-state index >= 15 is 4.57 Å². The molecule has 0 aromatic heterocycles. The highest BCUT2D eigenvalue weighted by Crippen LogP contribution is 2.53. The summed E-state index contributed by atoms with van der Waals surface area (Å²) in [5, 5.41) is 0. The molecule has 0 bridgehead atoms. The Balaban J connectivity index is 2.37. The summed E-state index contributed by atoms with van der Waals surface area (Å²) in [7, 11) is -4.31. The Morgan fingerprint density at radius 2 is 0.508 bits per heavy atom. The van der Waals surface area contributed by atoms with Gasteiger partial charge in [0.05, 0.1) is 0 Å². The molecule has 4 nitrogen and oxygen atoms in total. The van der Waals surface area contributed by atoms with Crippen LogP contribution >= 0.6 is 7.82 Å². The summed E-state index contributed by atoms with van der Waals surface area (Å²) in [6.45, 7) is 20.4. The maximum atomic E-state index is 16.1. The zero-order valence-electron chi connectivity index (χ0n) is 39.6. The minimum absolute atomic E-state index is 0.662. The average Bonchev–Trinajstić information content (AvgIpc) is 3.24. The van der Waals surface area contributed by atoms with Crippen LogP contribution in [0.2, 0.25) is 0 Å². The van der Waals surface area contributed by atoms with Crippen LogP contribution in [0.3, 0.4) is 0 Å². The fraction of sp³-hybridized carbons (Fsp3) is 0.667. The van der Waals surface area contributed by atoms with E-state index in [1.807, 2.05) is 0 Å². The molecule has 0 aliphatic carbocycles. The van der Waals surface area contributed by atoms with Crippen molar-refractivity contribution in [2.24, 2.45) is 0 Å². The van der Waals surface area contributed by atoms with Crippen LogP contribution in [-0.4, -0.2) is 0 Å². The van der Waals surface area contributed by atoms with Crippen LogP contribution < -0.4 is 13.6 Å². The van der Waals surface area contributed by atoms with Crippen molar-refractivity contribution in [1.29, 1.82) is 0 Å². The van der Waals surface area contributed by atoms with Crippen molar-refractivity contribution >= 4 is 7.82 Å². The fourth-order valence-electron chi connectivity index (χ4n) is 8.52. The minimum Gasteiger partial charge on any atom is -0.386 e. The van der Waals surface area contributed by atoms with Crippen molar-refractivity contribution in [2.75, 3.05) is 0 Å². The Hall–Kier alpha value is -2.71. The number of unbranched alkanes of at least 4 members (excludes halogenated alkanes) is 9. The molecule has 0 spiro atoms. The highest BCUT2D eigenvalue weighted by molar-refractivity contribution is 7.49. The maximum Gasteiger partial charge on any atom is 0.647 e. The molecule has 0 unspecified atom stereocenters. The summed E-state index contributed by atoms with van der Waals surface area (Å²) < 4.78 is 37.0. The first-order valence-electron chi connectivity index (χ1n) is 24.9. The van der Waals surface area contributed by atoms with E-state index in [2.05, 4.69) is 98.7 Å².